The number of hydrogen-bond donors (Lipinski definition) is 1. The van der Waals surface area contributed by atoms with Gasteiger partial charge in [0.1, 0.15) is 11.6 Å². The number of nitrogens with one attached hydrogen (secondary N) is 1. The van der Waals surface area contributed by atoms with E-state index >= 15 is 0 Å². The van der Waals surface area contributed by atoms with Crippen molar-refractivity contribution in [2.45, 2.75) is 12.8 Å². The van der Waals surface area contributed by atoms with Gasteiger partial charge in [-0.05, 0) is 37.1 Å². The SMILES string of the molecule is O=C(Nc1cc(C(=O)N2CCN(c3ccccn3)CC2)nn1-c1ccccc1)C1CC1. The van der Waals surface area contributed by atoms with E-state index in [9.17, 15) is 9.59 Å². The lowest BCUT2D eigenvalue weighted by molar-refractivity contribution is -0.117. The van der Waals surface area contributed by atoms with E-state index < -0.39 is 0 Å². The number of benzene rings is 1. The van der Waals surface area contributed by atoms with Crippen molar-refractivity contribution in [2.24, 2.45) is 5.92 Å². The third-order valence-electron chi connectivity index (χ3n) is 5.67. The number of hydrogen-bond acceptors (Lipinski definition) is 5. The number of carbonyl (C=O) groups excluding carboxylic acids is 2. The second kappa shape index (κ2) is 8.22. The van der Waals surface area contributed by atoms with E-state index in [1.54, 1.807) is 16.9 Å². The number of piperazine rings is 1. The topological polar surface area (TPSA) is 83.4 Å². The van der Waals surface area contributed by atoms with Crippen molar-refractivity contribution < 1.29 is 9.59 Å². The summed E-state index contributed by atoms with van der Waals surface area (Å²) in [6.07, 6.45) is 3.61. The molecule has 8 nitrogen and oxygen atoms in total. The van der Waals surface area contributed by atoms with Crippen molar-refractivity contribution in [3.63, 3.8) is 0 Å². The van der Waals surface area contributed by atoms with Crippen LogP contribution in [0.4, 0.5) is 11.6 Å². The molecule has 158 valence electrons. The van der Waals surface area contributed by atoms with Crippen LogP contribution in [0.25, 0.3) is 5.69 Å². The van der Waals surface area contributed by atoms with E-state index in [0.29, 0.717) is 37.7 Å². The fraction of sp³-hybridized carbons (Fsp3) is 0.304. The summed E-state index contributed by atoms with van der Waals surface area (Å²) >= 11 is 0. The zero-order chi connectivity index (χ0) is 21.2. The van der Waals surface area contributed by atoms with Crippen LogP contribution in [-0.4, -0.2) is 57.7 Å². The smallest absolute Gasteiger partial charge is 0.274 e. The molecule has 5 rings (SSSR count). The molecule has 1 aromatic carbocycles. The Kier molecular flexibility index (Phi) is 5.11. The first-order valence-corrected chi connectivity index (χ1v) is 10.6. The summed E-state index contributed by atoms with van der Waals surface area (Å²) in [6, 6.07) is 17.1. The molecule has 2 amide bonds. The zero-order valence-electron chi connectivity index (χ0n) is 17.1. The normalized spacial score (nSPS) is 16.3. The van der Waals surface area contributed by atoms with Crippen molar-refractivity contribution in [3.8, 4) is 5.69 Å². The largest absolute Gasteiger partial charge is 0.353 e. The van der Waals surface area contributed by atoms with Gasteiger partial charge in [0.25, 0.3) is 5.91 Å². The molecule has 8 heteroatoms. The fourth-order valence-electron chi connectivity index (χ4n) is 3.76. The molecule has 1 saturated heterocycles. The maximum absolute atomic E-state index is 13.2. The van der Waals surface area contributed by atoms with Crippen LogP contribution in [0.1, 0.15) is 23.3 Å². The minimum atomic E-state index is -0.128. The molecule has 0 unspecified atom stereocenters. The van der Waals surface area contributed by atoms with E-state index in [2.05, 4.69) is 20.3 Å². The van der Waals surface area contributed by atoms with Crippen LogP contribution in [-0.2, 0) is 4.79 Å². The molecule has 1 aliphatic heterocycles. The number of nitrogens with zero attached hydrogens (tertiary/aromatic N) is 5. The van der Waals surface area contributed by atoms with Crippen LogP contribution in [0, 0.1) is 5.92 Å². The minimum Gasteiger partial charge on any atom is -0.353 e. The first kappa shape index (κ1) is 19.3. The van der Waals surface area contributed by atoms with Crippen LogP contribution < -0.4 is 10.2 Å². The molecule has 1 aliphatic carbocycles. The van der Waals surface area contributed by atoms with Crippen LogP contribution in [0.15, 0.2) is 60.8 Å². The van der Waals surface area contributed by atoms with Gasteiger partial charge in [-0.1, -0.05) is 24.3 Å². The summed E-state index contributed by atoms with van der Waals surface area (Å²) in [4.78, 5) is 33.9. The summed E-state index contributed by atoms with van der Waals surface area (Å²) < 4.78 is 1.64. The third-order valence-corrected chi connectivity index (χ3v) is 5.67. The highest BCUT2D eigenvalue weighted by atomic mass is 16.2. The Labute approximate surface area is 180 Å². The van der Waals surface area contributed by atoms with Gasteiger partial charge in [0, 0.05) is 44.4 Å². The van der Waals surface area contributed by atoms with Gasteiger partial charge in [-0.3, -0.25) is 9.59 Å². The van der Waals surface area contributed by atoms with Gasteiger partial charge < -0.3 is 15.1 Å². The minimum absolute atomic E-state index is 0.0138. The standard InChI is InChI=1S/C23H24N6O2/c30-22(17-9-10-17)25-21-16-19(26-29(21)18-6-2-1-3-7-18)23(31)28-14-12-27(13-15-28)20-8-4-5-11-24-20/h1-8,11,16-17H,9-10,12-15H2,(H,25,30). The third kappa shape index (κ3) is 4.14. The molecule has 1 N–H and O–H groups in total. The second-order valence-electron chi connectivity index (χ2n) is 7.89. The van der Waals surface area contributed by atoms with Crippen molar-refractivity contribution in [2.75, 3.05) is 36.4 Å². The van der Waals surface area contributed by atoms with Crippen molar-refractivity contribution in [1.29, 1.82) is 0 Å². The monoisotopic (exact) mass is 416 g/mol. The molecule has 31 heavy (non-hydrogen) atoms. The Morgan fingerprint density at radius 1 is 0.935 bits per heavy atom. The highest BCUT2D eigenvalue weighted by Gasteiger charge is 2.31. The predicted octanol–water partition coefficient (Wildman–Crippen LogP) is 2.58. The molecule has 1 saturated carbocycles. The van der Waals surface area contributed by atoms with Crippen molar-refractivity contribution in [3.05, 3.63) is 66.5 Å². The van der Waals surface area contributed by atoms with E-state index in [-0.39, 0.29) is 17.7 Å². The molecule has 0 atom stereocenters. The number of carbonyl (C=O) groups is 2. The van der Waals surface area contributed by atoms with Gasteiger partial charge in [0.15, 0.2) is 5.69 Å². The quantitative estimate of drug-likeness (QED) is 0.691. The summed E-state index contributed by atoms with van der Waals surface area (Å²) in [7, 11) is 0. The second-order valence-corrected chi connectivity index (χ2v) is 7.89. The van der Waals surface area contributed by atoms with Crippen LogP contribution in [0.3, 0.4) is 0 Å². The number of aromatic nitrogens is 3. The summed E-state index contributed by atoms with van der Waals surface area (Å²) in [5, 5.41) is 7.50. The Balaban J connectivity index is 1.34. The molecule has 0 spiro atoms. The lowest BCUT2D eigenvalue weighted by atomic mass is 10.2. The van der Waals surface area contributed by atoms with Crippen molar-refractivity contribution in [1.82, 2.24) is 19.7 Å². The Bertz CT molecular complexity index is 1070. The molecule has 3 heterocycles. The van der Waals surface area contributed by atoms with Gasteiger partial charge in [0.2, 0.25) is 5.91 Å². The molecular weight excluding hydrogens is 392 g/mol. The summed E-state index contributed by atoms with van der Waals surface area (Å²) in [6.45, 7) is 2.62. The molecule has 0 bridgehead atoms. The van der Waals surface area contributed by atoms with Gasteiger partial charge in [0.05, 0.1) is 5.69 Å². The van der Waals surface area contributed by atoms with Gasteiger partial charge in [-0.2, -0.15) is 5.10 Å². The van der Waals surface area contributed by atoms with E-state index in [1.165, 1.54) is 0 Å². The average molecular weight is 416 g/mol. The Morgan fingerprint density at radius 3 is 2.35 bits per heavy atom. The first-order valence-electron chi connectivity index (χ1n) is 10.6. The molecule has 0 radical (unpaired) electrons. The van der Waals surface area contributed by atoms with Gasteiger partial charge in [-0.25, -0.2) is 9.67 Å². The molecule has 2 fully saturated rings. The maximum atomic E-state index is 13.2. The maximum Gasteiger partial charge on any atom is 0.274 e. The number of anilines is 2. The molecule has 2 aromatic heterocycles. The zero-order valence-corrected chi connectivity index (χ0v) is 17.1. The molecular formula is C23H24N6O2. The summed E-state index contributed by atoms with van der Waals surface area (Å²) in [5.41, 5.74) is 1.13. The van der Waals surface area contributed by atoms with Gasteiger partial charge in [-0.15, -0.1) is 0 Å². The lowest BCUT2D eigenvalue weighted by Crippen LogP contribution is -2.49. The molecule has 3 aromatic rings. The Morgan fingerprint density at radius 2 is 1.68 bits per heavy atom. The predicted molar refractivity (Wildman–Crippen MR) is 117 cm³/mol. The molecule has 2 aliphatic rings. The average Bonchev–Trinajstić information content (AvgIpc) is 3.60. The fourth-order valence-corrected chi connectivity index (χ4v) is 3.76. The van der Waals surface area contributed by atoms with Crippen LogP contribution in [0.5, 0.6) is 0 Å². The van der Waals surface area contributed by atoms with Crippen molar-refractivity contribution >= 4 is 23.5 Å². The highest BCUT2D eigenvalue weighted by molar-refractivity contribution is 5.97. The van der Waals surface area contributed by atoms with E-state index in [1.807, 2.05) is 53.4 Å². The number of pyridine rings is 1. The summed E-state index contributed by atoms with van der Waals surface area (Å²) in [5.74, 6) is 1.38. The first-order chi connectivity index (χ1) is 15.2. The van der Waals surface area contributed by atoms with Gasteiger partial charge >= 0.3 is 0 Å². The van der Waals surface area contributed by atoms with Crippen LogP contribution in [0.2, 0.25) is 0 Å². The lowest BCUT2D eigenvalue weighted by Gasteiger charge is -2.35. The van der Waals surface area contributed by atoms with Crippen LogP contribution >= 0.6 is 0 Å². The van der Waals surface area contributed by atoms with E-state index in [4.69, 9.17) is 0 Å². The number of rotatable bonds is 5. The number of amides is 2. The Hall–Kier alpha value is -3.68. The number of para-hydroxylation sites is 1. The van der Waals surface area contributed by atoms with E-state index in [0.717, 1.165) is 24.3 Å². The highest BCUT2D eigenvalue weighted by Crippen LogP contribution is 2.30.